The van der Waals surface area contributed by atoms with Crippen LogP contribution in [0.3, 0.4) is 0 Å². The van der Waals surface area contributed by atoms with Crippen LogP contribution >= 0.6 is 7.60 Å². The molecule has 1 unspecified atom stereocenters. The number of carbonyl (C=O) groups excluding carboxylic acids is 1. The minimum Gasteiger partial charge on any atom is -0.324 e. The Bertz CT molecular complexity index is 449. The molecule has 1 aromatic rings. The summed E-state index contributed by atoms with van der Waals surface area (Å²) < 4.78 is 11.4. The minimum atomic E-state index is -4.42. The molecule has 0 aliphatic carbocycles. The minimum absolute atomic E-state index is 0.0998. The van der Waals surface area contributed by atoms with Crippen molar-refractivity contribution in [3.63, 3.8) is 0 Å². The van der Waals surface area contributed by atoms with Crippen molar-refractivity contribution in [2.45, 2.75) is 19.0 Å². The van der Waals surface area contributed by atoms with Crippen molar-refractivity contribution >= 4 is 13.5 Å². The van der Waals surface area contributed by atoms with Crippen LogP contribution in [0.4, 0.5) is 0 Å². The fourth-order valence-electron chi connectivity index (χ4n) is 1.39. The van der Waals surface area contributed by atoms with E-state index in [1.807, 2.05) is 0 Å². The van der Waals surface area contributed by atoms with E-state index in [1.165, 1.54) is 18.6 Å². The number of hydrogen-bond acceptors (Lipinski definition) is 5. The Morgan fingerprint density at radius 3 is 2.67 bits per heavy atom. The van der Waals surface area contributed by atoms with Gasteiger partial charge in [0.2, 0.25) is 5.91 Å². The molecule has 1 rings (SSSR count). The lowest BCUT2D eigenvalue weighted by Crippen LogP contribution is -2.27. The van der Waals surface area contributed by atoms with Crippen molar-refractivity contribution in [2.75, 3.05) is 6.54 Å². The second-order valence-corrected chi connectivity index (χ2v) is 5.47. The molecule has 1 atom stereocenters. The third kappa shape index (κ3) is 4.15. The first-order valence-electron chi connectivity index (χ1n) is 5.10. The van der Waals surface area contributed by atoms with Gasteiger partial charge in [0.05, 0.1) is 5.69 Å². The van der Waals surface area contributed by atoms with E-state index in [0.29, 0.717) is 5.06 Å². The molecule has 0 aliphatic heterocycles. The Hall–Kier alpha value is -1.34. The molecule has 100 valence electrons. The van der Waals surface area contributed by atoms with Crippen LogP contribution in [0.5, 0.6) is 0 Å². The molecule has 9 heteroatoms. The molecule has 0 aliphatic rings. The van der Waals surface area contributed by atoms with Gasteiger partial charge in [-0.25, -0.2) is 15.0 Å². The number of rotatable bonds is 5. The predicted molar refractivity (Wildman–Crippen MR) is 60.6 cm³/mol. The van der Waals surface area contributed by atoms with Crippen LogP contribution in [0.2, 0.25) is 0 Å². The van der Waals surface area contributed by atoms with E-state index in [-0.39, 0.29) is 18.7 Å². The molecular formula is C9H14N3O5P. The summed E-state index contributed by atoms with van der Waals surface area (Å²) in [6.45, 7) is 0.965. The molecule has 8 nitrogen and oxygen atoms in total. The standard InChI is InChI=1S/C9H14N3O5P/c1-7(13)12(14)5-3-9(18(15,16)17)8-2-4-10-6-11-8/h2,4,6,9,14H,3,5H2,1H3,(H2,15,16,17). The topological polar surface area (TPSA) is 124 Å². The van der Waals surface area contributed by atoms with E-state index in [4.69, 9.17) is 0 Å². The Morgan fingerprint density at radius 2 is 2.22 bits per heavy atom. The highest BCUT2D eigenvalue weighted by Crippen LogP contribution is 2.52. The van der Waals surface area contributed by atoms with E-state index in [2.05, 4.69) is 9.97 Å². The van der Waals surface area contributed by atoms with Gasteiger partial charge in [-0.2, -0.15) is 0 Å². The van der Waals surface area contributed by atoms with Crippen LogP contribution in [-0.4, -0.2) is 42.5 Å². The molecule has 0 saturated carbocycles. The van der Waals surface area contributed by atoms with E-state index in [1.54, 1.807) is 0 Å². The fourth-order valence-corrected chi connectivity index (χ4v) is 2.34. The zero-order valence-electron chi connectivity index (χ0n) is 9.67. The summed E-state index contributed by atoms with van der Waals surface area (Å²) in [5.41, 5.74) is -0.996. The monoisotopic (exact) mass is 275 g/mol. The first-order chi connectivity index (χ1) is 8.32. The average molecular weight is 275 g/mol. The van der Waals surface area contributed by atoms with Gasteiger partial charge >= 0.3 is 7.60 Å². The zero-order valence-corrected chi connectivity index (χ0v) is 10.6. The van der Waals surface area contributed by atoms with Crippen LogP contribution in [0.15, 0.2) is 18.6 Å². The van der Waals surface area contributed by atoms with E-state index >= 15 is 0 Å². The molecule has 0 bridgehead atoms. The fraction of sp³-hybridized carbons (Fsp3) is 0.444. The second-order valence-electron chi connectivity index (χ2n) is 3.67. The van der Waals surface area contributed by atoms with Crippen molar-refractivity contribution in [3.8, 4) is 0 Å². The Balaban J connectivity index is 2.82. The van der Waals surface area contributed by atoms with Gasteiger partial charge in [0, 0.05) is 19.7 Å². The summed E-state index contributed by atoms with van der Waals surface area (Å²) in [5.74, 6) is -0.595. The van der Waals surface area contributed by atoms with Gasteiger partial charge in [0.25, 0.3) is 0 Å². The van der Waals surface area contributed by atoms with Crippen molar-refractivity contribution in [3.05, 3.63) is 24.3 Å². The number of carbonyl (C=O) groups is 1. The molecule has 1 heterocycles. The maximum Gasteiger partial charge on any atom is 0.334 e. The Morgan fingerprint density at radius 1 is 1.56 bits per heavy atom. The summed E-state index contributed by atoms with van der Waals surface area (Å²) in [6.07, 6.45) is 2.45. The van der Waals surface area contributed by atoms with Gasteiger partial charge in [-0.15, -0.1) is 0 Å². The molecule has 0 spiro atoms. The second kappa shape index (κ2) is 6.01. The highest BCUT2D eigenvalue weighted by atomic mass is 31.2. The van der Waals surface area contributed by atoms with E-state index < -0.39 is 19.2 Å². The molecule has 18 heavy (non-hydrogen) atoms. The van der Waals surface area contributed by atoms with Crippen LogP contribution < -0.4 is 0 Å². The molecule has 1 aromatic heterocycles. The lowest BCUT2D eigenvalue weighted by atomic mass is 10.2. The molecule has 0 fully saturated rings. The van der Waals surface area contributed by atoms with Crippen molar-refractivity contribution in [2.24, 2.45) is 0 Å². The summed E-state index contributed by atoms with van der Waals surface area (Å²) >= 11 is 0. The van der Waals surface area contributed by atoms with Gasteiger partial charge in [-0.1, -0.05) is 0 Å². The van der Waals surface area contributed by atoms with E-state index in [0.717, 1.165) is 6.92 Å². The predicted octanol–water partition coefficient (Wildman–Crippen LogP) is 0.323. The summed E-state index contributed by atoms with van der Waals surface area (Å²) in [7, 11) is -4.42. The first-order valence-corrected chi connectivity index (χ1v) is 6.78. The van der Waals surface area contributed by atoms with Crippen LogP contribution in [-0.2, 0) is 9.36 Å². The summed E-state index contributed by atoms with van der Waals surface area (Å²) in [6, 6.07) is 1.39. The average Bonchev–Trinajstić information content (AvgIpc) is 2.28. The van der Waals surface area contributed by atoms with Crippen LogP contribution in [0, 0.1) is 0 Å². The van der Waals surface area contributed by atoms with Gasteiger partial charge in [-0.05, 0) is 12.5 Å². The van der Waals surface area contributed by atoms with Crippen LogP contribution in [0.1, 0.15) is 24.7 Å². The number of nitrogens with zero attached hydrogens (tertiary/aromatic N) is 3. The molecule has 3 N–H and O–H groups in total. The smallest absolute Gasteiger partial charge is 0.324 e. The van der Waals surface area contributed by atoms with Crippen molar-refractivity contribution in [1.29, 1.82) is 0 Å². The van der Waals surface area contributed by atoms with Gasteiger partial charge in [-0.3, -0.25) is 14.6 Å². The SMILES string of the molecule is CC(=O)N(O)CCC(c1ccncn1)P(=O)(O)O. The number of aromatic nitrogens is 2. The zero-order chi connectivity index (χ0) is 13.8. The molecule has 0 aromatic carbocycles. The molecular weight excluding hydrogens is 261 g/mol. The van der Waals surface area contributed by atoms with Crippen LogP contribution in [0.25, 0.3) is 0 Å². The Kier molecular flexibility index (Phi) is 4.92. The van der Waals surface area contributed by atoms with E-state index in [9.17, 15) is 24.4 Å². The Labute approximate surface area is 103 Å². The maximum absolute atomic E-state index is 11.4. The lowest BCUT2D eigenvalue weighted by Gasteiger charge is -2.20. The van der Waals surface area contributed by atoms with Gasteiger partial charge in [0.1, 0.15) is 12.0 Å². The van der Waals surface area contributed by atoms with Gasteiger partial charge < -0.3 is 9.79 Å². The quantitative estimate of drug-likeness (QED) is 0.401. The number of amides is 1. The van der Waals surface area contributed by atoms with Crippen molar-refractivity contribution < 1.29 is 24.4 Å². The normalized spacial score (nSPS) is 13.1. The first kappa shape index (κ1) is 14.7. The molecule has 1 amide bonds. The van der Waals surface area contributed by atoms with Gasteiger partial charge in [0.15, 0.2) is 0 Å². The maximum atomic E-state index is 11.4. The summed E-state index contributed by atoms with van der Waals surface area (Å²) in [5, 5.41) is 9.59. The largest absolute Gasteiger partial charge is 0.334 e. The molecule has 0 saturated heterocycles. The lowest BCUT2D eigenvalue weighted by molar-refractivity contribution is -0.162. The highest BCUT2D eigenvalue weighted by Gasteiger charge is 2.31. The number of hydrogen-bond donors (Lipinski definition) is 3. The summed E-state index contributed by atoms with van der Waals surface area (Å²) in [4.78, 5) is 36.7. The highest BCUT2D eigenvalue weighted by molar-refractivity contribution is 7.52. The third-order valence-corrected chi connectivity index (χ3v) is 3.66. The van der Waals surface area contributed by atoms with Crippen molar-refractivity contribution in [1.82, 2.24) is 15.0 Å². The molecule has 0 radical (unpaired) electrons. The third-order valence-electron chi connectivity index (χ3n) is 2.33. The number of hydroxylamine groups is 2.